The summed E-state index contributed by atoms with van der Waals surface area (Å²) in [6, 6.07) is 0. The molecule has 1 aliphatic rings. The van der Waals surface area contributed by atoms with Gasteiger partial charge in [-0.05, 0) is 18.8 Å². The molecule has 2 unspecified atom stereocenters. The van der Waals surface area contributed by atoms with Gasteiger partial charge in [-0.3, -0.25) is 4.79 Å². The summed E-state index contributed by atoms with van der Waals surface area (Å²) in [4.78, 5) is 11.2. The number of methoxy groups -OCH3 is 1. The lowest BCUT2D eigenvalue weighted by atomic mass is 9.84. The minimum Gasteiger partial charge on any atom is -0.469 e. The number of hydrogen-bond donors (Lipinski definition) is 1. The topological polar surface area (TPSA) is 46.5 Å². The molecular weight excluding hydrogens is 204 g/mol. The van der Waals surface area contributed by atoms with Gasteiger partial charge in [0.25, 0.3) is 0 Å². The highest BCUT2D eigenvalue weighted by molar-refractivity contribution is 5.71. The summed E-state index contributed by atoms with van der Waals surface area (Å²) in [7, 11) is 1.40. The van der Waals surface area contributed by atoms with Gasteiger partial charge >= 0.3 is 5.97 Å². The van der Waals surface area contributed by atoms with Crippen LogP contribution in [0.4, 0.5) is 0 Å². The van der Waals surface area contributed by atoms with Crippen LogP contribution in [0.3, 0.4) is 0 Å². The molecule has 16 heavy (non-hydrogen) atoms. The summed E-state index contributed by atoms with van der Waals surface area (Å²) >= 11 is 0. The fourth-order valence-corrected chi connectivity index (χ4v) is 2.61. The molecule has 0 aromatic heterocycles. The van der Waals surface area contributed by atoms with Gasteiger partial charge in [-0.15, -0.1) is 0 Å². The van der Waals surface area contributed by atoms with E-state index in [2.05, 4.69) is 4.74 Å². The summed E-state index contributed by atoms with van der Waals surface area (Å²) in [5, 5.41) is 9.91. The quantitative estimate of drug-likeness (QED) is 0.735. The molecule has 0 aromatic carbocycles. The maximum atomic E-state index is 11.2. The van der Waals surface area contributed by atoms with Crippen LogP contribution < -0.4 is 0 Å². The van der Waals surface area contributed by atoms with Crippen LogP contribution in [-0.4, -0.2) is 24.3 Å². The molecule has 1 N–H and O–H groups in total. The van der Waals surface area contributed by atoms with Crippen LogP contribution in [0.5, 0.6) is 0 Å². The van der Waals surface area contributed by atoms with E-state index >= 15 is 0 Å². The van der Waals surface area contributed by atoms with Crippen LogP contribution in [0.25, 0.3) is 0 Å². The van der Waals surface area contributed by atoms with Crippen molar-refractivity contribution in [2.75, 3.05) is 7.11 Å². The van der Waals surface area contributed by atoms with Gasteiger partial charge in [-0.1, -0.05) is 39.0 Å². The molecule has 0 aliphatic heterocycles. The van der Waals surface area contributed by atoms with E-state index in [1.165, 1.54) is 39.2 Å². The van der Waals surface area contributed by atoms with Crippen LogP contribution in [0.1, 0.15) is 51.9 Å². The normalized spacial score (nSPS) is 21.4. The van der Waals surface area contributed by atoms with Crippen LogP contribution in [0.15, 0.2) is 0 Å². The summed E-state index contributed by atoms with van der Waals surface area (Å²) in [5.41, 5.74) is 0. The first kappa shape index (κ1) is 13.5. The molecule has 0 aromatic rings. The fourth-order valence-electron chi connectivity index (χ4n) is 2.61. The van der Waals surface area contributed by atoms with Crippen molar-refractivity contribution in [1.29, 1.82) is 0 Å². The Balaban J connectivity index is 2.23. The van der Waals surface area contributed by atoms with E-state index < -0.39 is 0 Å². The first-order chi connectivity index (χ1) is 7.63. The van der Waals surface area contributed by atoms with Crippen LogP contribution in [0, 0.1) is 11.8 Å². The number of rotatable bonds is 5. The van der Waals surface area contributed by atoms with Crippen molar-refractivity contribution >= 4 is 5.97 Å². The SMILES string of the molecule is COC(=O)C(C)CC(O)CC1CCCCC1. The van der Waals surface area contributed by atoms with Gasteiger partial charge in [0.2, 0.25) is 0 Å². The first-order valence-corrected chi connectivity index (χ1v) is 6.39. The number of aliphatic hydroxyl groups excluding tert-OH is 1. The van der Waals surface area contributed by atoms with E-state index in [-0.39, 0.29) is 18.0 Å². The maximum absolute atomic E-state index is 11.2. The average Bonchev–Trinajstić information content (AvgIpc) is 2.29. The van der Waals surface area contributed by atoms with Crippen molar-refractivity contribution in [1.82, 2.24) is 0 Å². The van der Waals surface area contributed by atoms with Crippen LogP contribution >= 0.6 is 0 Å². The molecule has 94 valence electrons. The highest BCUT2D eigenvalue weighted by Gasteiger charge is 2.22. The Morgan fingerprint density at radius 2 is 2.00 bits per heavy atom. The van der Waals surface area contributed by atoms with E-state index in [1.54, 1.807) is 0 Å². The second-order valence-corrected chi connectivity index (χ2v) is 5.05. The third-order valence-corrected chi connectivity index (χ3v) is 3.56. The molecule has 0 bridgehead atoms. The third kappa shape index (κ3) is 4.52. The van der Waals surface area contributed by atoms with E-state index in [0.717, 1.165) is 6.42 Å². The third-order valence-electron chi connectivity index (χ3n) is 3.56. The lowest BCUT2D eigenvalue weighted by molar-refractivity contribution is -0.146. The molecule has 2 atom stereocenters. The zero-order chi connectivity index (χ0) is 12.0. The standard InChI is InChI=1S/C13H24O3/c1-10(13(15)16-2)8-12(14)9-11-6-4-3-5-7-11/h10-12,14H,3-9H2,1-2H3. The molecule has 3 heteroatoms. The predicted octanol–water partition coefficient (Wildman–Crippen LogP) is 2.52. The lowest BCUT2D eigenvalue weighted by Gasteiger charge is -2.24. The number of esters is 1. The first-order valence-electron chi connectivity index (χ1n) is 6.39. The van der Waals surface area contributed by atoms with Gasteiger partial charge in [0.05, 0.1) is 19.1 Å². The Kier molecular flexibility index (Phi) is 5.81. The minimum atomic E-state index is -0.350. The van der Waals surface area contributed by atoms with Crippen molar-refractivity contribution in [2.45, 2.75) is 58.0 Å². The number of aliphatic hydroxyl groups is 1. The number of hydrogen-bond acceptors (Lipinski definition) is 3. The Hall–Kier alpha value is -0.570. The monoisotopic (exact) mass is 228 g/mol. The van der Waals surface area contributed by atoms with Gasteiger partial charge in [0.15, 0.2) is 0 Å². The van der Waals surface area contributed by atoms with Gasteiger partial charge in [-0.25, -0.2) is 0 Å². The molecule has 3 nitrogen and oxygen atoms in total. The van der Waals surface area contributed by atoms with Crippen LogP contribution in [0.2, 0.25) is 0 Å². The Morgan fingerprint density at radius 3 is 2.56 bits per heavy atom. The summed E-state index contributed by atoms with van der Waals surface area (Å²) in [6.45, 7) is 1.82. The number of ether oxygens (including phenoxy) is 1. The Morgan fingerprint density at radius 1 is 1.38 bits per heavy atom. The molecule has 1 fully saturated rings. The summed E-state index contributed by atoms with van der Waals surface area (Å²) in [5.74, 6) is 0.250. The van der Waals surface area contributed by atoms with Crippen LogP contribution in [-0.2, 0) is 9.53 Å². The molecule has 1 rings (SSSR count). The average molecular weight is 228 g/mol. The Labute approximate surface area is 98.2 Å². The molecular formula is C13H24O3. The summed E-state index contributed by atoms with van der Waals surface area (Å²) < 4.78 is 4.65. The molecule has 1 aliphatic carbocycles. The van der Waals surface area contributed by atoms with Crippen molar-refractivity contribution in [3.05, 3.63) is 0 Å². The molecule has 0 heterocycles. The van der Waals surface area contributed by atoms with Crippen molar-refractivity contribution in [3.63, 3.8) is 0 Å². The van der Waals surface area contributed by atoms with Gasteiger partial charge in [0, 0.05) is 0 Å². The maximum Gasteiger partial charge on any atom is 0.308 e. The van der Waals surface area contributed by atoms with Crippen molar-refractivity contribution in [2.24, 2.45) is 11.8 Å². The number of carbonyl (C=O) groups excluding carboxylic acids is 1. The predicted molar refractivity (Wildman–Crippen MR) is 63.0 cm³/mol. The van der Waals surface area contributed by atoms with Crippen molar-refractivity contribution < 1.29 is 14.6 Å². The van der Waals surface area contributed by atoms with E-state index in [1.807, 2.05) is 6.92 Å². The zero-order valence-corrected chi connectivity index (χ0v) is 10.4. The number of carbonyl (C=O) groups is 1. The highest BCUT2D eigenvalue weighted by Crippen LogP contribution is 2.28. The van der Waals surface area contributed by atoms with Gasteiger partial charge in [-0.2, -0.15) is 0 Å². The molecule has 0 spiro atoms. The van der Waals surface area contributed by atoms with Gasteiger partial charge in [0.1, 0.15) is 0 Å². The van der Waals surface area contributed by atoms with E-state index in [0.29, 0.717) is 12.3 Å². The molecule has 0 saturated heterocycles. The largest absolute Gasteiger partial charge is 0.469 e. The van der Waals surface area contributed by atoms with Crippen molar-refractivity contribution in [3.8, 4) is 0 Å². The molecule has 1 saturated carbocycles. The smallest absolute Gasteiger partial charge is 0.308 e. The van der Waals surface area contributed by atoms with Gasteiger partial charge < -0.3 is 9.84 Å². The van der Waals surface area contributed by atoms with E-state index in [4.69, 9.17) is 0 Å². The Bertz CT molecular complexity index is 209. The summed E-state index contributed by atoms with van der Waals surface area (Å²) in [6.07, 6.45) is 7.44. The zero-order valence-electron chi connectivity index (χ0n) is 10.4. The molecule has 0 amide bonds. The molecule has 0 radical (unpaired) electrons. The minimum absolute atomic E-state index is 0.191. The second-order valence-electron chi connectivity index (χ2n) is 5.05. The van der Waals surface area contributed by atoms with E-state index in [9.17, 15) is 9.90 Å². The lowest BCUT2D eigenvalue weighted by Crippen LogP contribution is -2.22. The fraction of sp³-hybridized carbons (Fsp3) is 0.923. The second kappa shape index (κ2) is 6.89. The highest BCUT2D eigenvalue weighted by atomic mass is 16.5.